The summed E-state index contributed by atoms with van der Waals surface area (Å²) in [5.74, 6) is 0.523. The molecule has 3 N–H and O–H groups in total. The van der Waals surface area contributed by atoms with Crippen molar-refractivity contribution in [2.24, 2.45) is 5.92 Å². The van der Waals surface area contributed by atoms with Crippen molar-refractivity contribution in [3.63, 3.8) is 0 Å². The Labute approximate surface area is 118 Å². The minimum atomic E-state index is -0.0675. The molecule has 5 nitrogen and oxygen atoms in total. The van der Waals surface area contributed by atoms with Crippen molar-refractivity contribution < 1.29 is 14.3 Å². The Morgan fingerprint density at radius 2 is 2.32 bits per heavy atom. The zero-order valence-electron chi connectivity index (χ0n) is 10.8. The van der Waals surface area contributed by atoms with Crippen LogP contribution in [0.5, 0.6) is 5.75 Å². The molecule has 0 saturated carbocycles. The molecule has 1 aliphatic rings. The summed E-state index contributed by atoms with van der Waals surface area (Å²) in [5, 5.41) is 2.85. The number of halogens is 1. The SMILES string of the molecule is COc1ccc(NC(=O)C2CCCOC2)cc1N.Cl. The Morgan fingerprint density at radius 3 is 2.89 bits per heavy atom. The van der Waals surface area contributed by atoms with Crippen LogP contribution in [0.2, 0.25) is 0 Å². The number of anilines is 2. The number of nitrogens with two attached hydrogens (primary N) is 1. The summed E-state index contributed by atoms with van der Waals surface area (Å²) >= 11 is 0. The van der Waals surface area contributed by atoms with Gasteiger partial charge in [0.05, 0.1) is 25.3 Å². The molecule has 106 valence electrons. The van der Waals surface area contributed by atoms with Gasteiger partial charge >= 0.3 is 0 Å². The number of carbonyl (C=O) groups excluding carboxylic acids is 1. The van der Waals surface area contributed by atoms with Gasteiger partial charge in [-0.3, -0.25) is 4.79 Å². The molecule has 1 heterocycles. The van der Waals surface area contributed by atoms with E-state index in [1.807, 2.05) is 0 Å². The molecule has 1 atom stereocenters. The van der Waals surface area contributed by atoms with Crippen molar-refractivity contribution in [2.45, 2.75) is 12.8 Å². The second kappa shape index (κ2) is 7.21. The van der Waals surface area contributed by atoms with Crippen LogP contribution in [-0.2, 0) is 9.53 Å². The van der Waals surface area contributed by atoms with Crippen molar-refractivity contribution in [1.82, 2.24) is 0 Å². The molecular formula is C13H19ClN2O3. The van der Waals surface area contributed by atoms with Gasteiger partial charge in [-0.1, -0.05) is 0 Å². The normalized spacial score (nSPS) is 18.3. The van der Waals surface area contributed by atoms with Gasteiger partial charge in [-0.25, -0.2) is 0 Å². The highest BCUT2D eigenvalue weighted by Crippen LogP contribution is 2.25. The Kier molecular flexibility index (Phi) is 5.92. The summed E-state index contributed by atoms with van der Waals surface area (Å²) in [6, 6.07) is 5.21. The summed E-state index contributed by atoms with van der Waals surface area (Å²) in [4.78, 5) is 12.0. The minimum Gasteiger partial charge on any atom is -0.495 e. The highest BCUT2D eigenvalue weighted by atomic mass is 35.5. The summed E-state index contributed by atoms with van der Waals surface area (Å²) < 4.78 is 10.4. The van der Waals surface area contributed by atoms with E-state index < -0.39 is 0 Å². The van der Waals surface area contributed by atoms with Crippen molar-refractivity contribution in [1.29, 1.82) is 0 Å². The van der Waals surface area contributed by atoms with Gasteiger partial charge in [0.1, 0.15) is 5.75 Å². The van der Waals surface area contributed by atoms with E-state index in [9.17, 15) is 4.79 Å². The lowest BCUT2D eigenvalue weighted by molar-refractivity contribution is -0.123. The first-order valence-electron chi connectivity index (χ1n) is 6.03. The molecule has 1 aromatic carbocycles. The minimum absolute atomic E-state index is 0. The fourth-order valence-corrected chi connectivity index (χ4v) is 2.00. The maximum atomic E-state index is 12.0. The number of amides is 1. The van der Waals surface area contributed by atoms with Crippen molar-refractivity contribution >= 4 is 29.7 Å². The summed E-state index contributed by atoms with van der Waals surface area (Å²) in [7, 11) is 1.56. The number of nitrogens with one attached hydrogen (secondary N) is 1. The van der Waals surface area contributed by atoms with E-state index in [-0.39, 0.29) is 24.2 Å². The first-order valence-corrected chi connectivity index (χ1v) is 6.03. The van der Waals surface area contributed by atoms with Crippen LogP contribution in [0.3, 0.4) is 0 Å². The van der Waals surface area contributed by atoms with Crippen LogP contribution in [0.15, 0.2) is 18.2 Å². The lowest BCUT2D eigenvalue weighted by Crippen LogP contribution is -2.30. The van der Waals surface area contributed by atoms with Crippen LogP contribution in [0, 0.1) is 5.92 Å². The van der Waals surface area contributed by atoms with Gasteiger partial charge in [-0.2, -0.15) is 0 Å². The van der Waals surface area contributed by atoms with Gasteiger partial charge < -0.3 is 20.5 Å². The fourth-order valence-electron chi connectivity index (χ4n) is 2.00. The number of carbonyl (C=O) groups is 1. The molecule has 0 aliphatic carbocycles. The lowest BCUT2D eigenvalue weighted by atomic mass is 10.0. The quantitative estimate of drug-likeness (QED) is 0.834. The third-order valence-electron chi connectivity index (χ3n) is 3.03. The van der Waals surface area contributed by atoms with Crippen LogP contribution in [0.1, 0.15) is 12.8 Å². The molecule has 0 spiro atoms. The smallest absolute Gasteiger partial charge is 0.229 e. The van der Waals surface area contributed by atoms with Crippen LogP contribution in [-0.4, -0.2) is 26.2 Å². The Bertz CT molecular complexity index is 434. The molecule has 1 aliphatic heterocycles. The highest BCUT2D eigenvalue weighted by Gasteiger charge is 2.21. The highest BCUT2D eigenvalue weighted by molar-refractivity contribution is 5.93. The molecule has 2 rings (SSSR count). The predicted octanol–water partition coefficient (Wildman–Crippen LogP) is 2.06. The van der Waals surface area contributed by atoms with Crippen molar-refractivity contribution in [2.75, 3.05) is 31.4 Å². The Hall–Kier alpha value is -1.46. The van der Waals surface area contributed by atoms with E-state index in [0.29, 0.717) is 23.7 Å². The molecule has 19 heavy (non-hydrogen) atoms. The van der Waals surface area contributed by atoms with Crippen LogP contribution >= 0.6 is 12.4 Å². The van der Waals surface area contributed by atoms with Gasteiger partial charge in [0.25, 0.3) is 0 Å². The largest absolute Gasteiger partial charge is 0.495 e. The van der Waals surface area contributed by atoms with E-state index >= 15 is 0 Å². The van der Waals surface area contributed by atoms with Crippen LogP contribution in [0.4, 0.5) is 11.4 Å². The number of hydrogen-bond acceptors (Lipinski definition) is 4. The molecule has 1 saturated heterocycles. The predicted molar refractivity (Wildman–Crippen MR) is 76.8 cm³/mol. The van der Waals surface area contributed by atoms with E-state index in [0.717, 1.165) is 19.4 Å². The number of benzene rings is 1. The Balaban J connectivity index is 0.00000180. The molecule has 1 fully saturated rings. The van der Waals surface area contributed by atoms with Crippen molar-refractivity contribution in [3.05, 3.63) is 18.2 Å². The summed E-state index contributed by atoms with van der Waals surface area (Å²) in [6.45, 7) is 1.25. The molecule has 1 aromatic rings. The van der Waals surface area contributed by atoms with Crippen LogP contribution < -0.4 is 15.8 Å². The average Bonchev–Trinajstić information content (AvgIpc) is 2.40. The maximum absolute atomic E-state index is 12.0. The van der Waals surface area contributed by atoms with E-state index in [1.54, 1.807) is 25.3 Å². The molecule has 0 bridgehead atoms. The number of ether oxygens (including phenoxy) is 2. The molecule has 1 amide bonds. The van der Waals surface area contributed by atoms with Gasteiger partial charge in [-0.15, -0.1) is 12.4 Å². The fraction of sp³-hybridized carbons (Fsp3) is 0.462. The molecular weight excluding hydrogens is 268 g/mol. The Morgan fingerprint density at radius 1 is 1.53 bits per heavy atom. The summed E-state index contributed by atoms with van der Waals surface area (Å²) in [5.41, 5.74) is 6.98. The van der Waals surface area contributed by atoms with Gasteiger partial charge in [0.2, 0.25) is 5.91 Å². The van der Waals surface area contributed by atoms with Gasteiger partial charge in [0, 0.05) is 12.3 Å². The summed E-state index contributed by atoms with van der Waals surface area (Å²) in [6.07, 6.45) is 1.81. The van der Waals surface area contributed by atoms with E-state index in [1.165, 1.54) is 0 Å². The maximum Gasteiger partial charge on any atom is 0.229 e. The first kappa shape index (κ1) is 15.6. The monoisotopic (exact) mass is 286 g/mol. The molecule has 0 aromatic heterocycles. The molecule has 1 unspecified atom stereocenters. The third-order valence-corrected chi connectivity index (χ3v) is 3.03. The number of rotatable bonds is 3. The average molecular weight is 287 g/mol. The number of methoxy groups -OCH3 is 1. The van der Waals surface area contributed by atoms with E-state index in [4.69, 9.17) is 15.2 Å². The second-order valence-electron chi connectivity index (χ2n) is 4.36. The third kappa shape index (κ3) is 4.01. The zero-order valence-corrected chi connectivity index (χ0v) is 11.7. The zero-order chi connectivity index (χ0) is 13.0. The lowest BCUT2D eigenvalue weighted by Gasteiger charge is -2.21. The van der Waals surface area contributed by atoms with E-state index in [2.05, 4.69) is 5.32 Å². The first-order chi connectivity index (χ1) is 8.70. The van der Waals surface area contributed by atoms with Gasteiger partial charge in [0.15, 0.2) is 0 Å². The number of nitrogen functional groups attached to an aromatic ring is 1. The topological polar surface area (TPSA) is 73.6 Å². The van der Waals surface area contributed by atoms with Crippen LogP contribution in [0.25, 0.3) is 0 Å². The van der Waals surface area contributed by atoms with Crippen molar-refractivity contribution in [3.8, 4) is 5.75 Å². The second-order valence-corrected chi connectivity index (χ2v) is 4.36. The molecule has 0 radical (unpaired) electrons. The van der Waals surface area contributed by atoms with Gasteiger partial charge in [-0.05, 0) is 31.0 Å². The standard InChI is InChI=1S/C13H18N2O3.ClH/c1-17-12-5-4-10(7-11(12)14)15-13(16)9-3-2-6-18-8-9;/h4-5,7,9H,2-3,6,8,14H2,1H3,(H,15,16);1H. The molecule has 6 heteroatoms. The number of hydrogen-bond donors (Lipinski definition) is 2.